The number of methoxy groups -OCH3 is 2. The van der Waals surface area contributed by atoms with Gasteiger partial charge in [-0.25, -0.2) is 0 Å². The third-order valence-electron chi connectivity index (χ3n) is 5.82. The molecule has 6 heteroatoms. The van der Waals surface area contributed by atoms with E-state index in [-0.39, 0.29) is 18.6 Å². The van der Waals surface area contributed by atoms with E-state index in [9.17, 15) is 9.90 Å². The van der Waals surface area contributed by atoms with Crippen molar-refractivity contribution in [3.05, 3.63) is 71.3 Å². The van der Waals surface area contributed by atoms with E-state index in [0.717, 1.165) is 37.1 Å². The number of nitrogens with one attached hydrogen (secondary N) is 1. The van der Waals surface area contributed by atoms with Crippen LogP contribution in [0, 0.1) is 0 Å². The van der Waals surface area contributed by atoms with Gasteiger partial charge in [0.05, 0.1) is 20.8 Å². The van der Waals surface area contributed by atoms with Crippen molar-refractivity contribution < 1.29 is 19.4 Å². The van der Waals surface area contributed by atoms with Gasteiger partial charge in [0.25, 0.3) is 5.91 Å². The van der Waals surface area contributed by atoms with Crippen molar-refractivity contribution in [2.24, 2.45) is 0 Å². The average molecular weight is 425 g/mol. The molecule has 1 atom stereocenters. The van der Waals surface area contributed by atoms with Crippen molar-refractivity contribution in [3.63, 3.8) is 0 Å². The predicted molar refractivity (Wildman–Crippen MR) is 122 cm³/mol. The molecule has 0 aromatic heterocycles. The highest BCUT2D eigenvalue weighted by molar-refractivity contribution is 5.95. The summed E-state index contributed by atoms with van der Waals surface area (Å²) in [7, 11) is 3.15. The topological polar surface area (TPSA) is 71.0 Å². The highest BCUT2D eigenvalue weighted by Crippen LogP contribution is 2.33. The lowest BCUT2D eigenvalue weighted by atomic mass is 10.0. The van der Waals surface area contributed by atoms with Crippen LogP contribution in [0.15, 0.2) is 49.1 Å². The van der Waals surface area contributed by atoms with E-state index in [1.54, 1.807) is 26.4 Å². The average Bonchev–Trinajstić information content (AvgIpc) is 3.25. The van der Waals surface area contributed by atoms with Crippen LogP contribution in [0.1, 0.15) is 39.9 Å². The van der Waals surface area contributed by atoms with E-state index in [0.29, 0.717) is 30.0 Å². The van der Waals surface area contributed by atoms with Crippen LogP contribution in [0.5, 0.6) is 11.5 Å². The second-order valence-corrected chi connectivity index (χ2v) is 7.76. The number of benzene rings is 2. The molecule has 166 valence electrons. The van der Waals surface area contributed by atoms with Crippen molar-refractivity contribution in [2.45, 2.75) is 38.4 Å². The smallest absolute Gasteiger partial charge is 0.251 e. The first-order chi connectivity index (χ1) is 15.1. The Hall–Kier alpha value is -2.83. The summed E-state index contributed by atoms with van der Waals surface area (Å²) in [6.45, 7) is 6.16. The second kappa shape index (κ2) is 11.0. The number of carbonyl (C=O) groups excluding carboxylic acids is 1. The van der Waals surface area contributed by atoms with Gasteiger partial charge in [0.2, 0.25) is 0 Å². The van der Waals surface area contributed by atoms with Crippen molar-refractivity contribution in [1.29, 1.82) is 0 Å². The molecule has 3 rings (SSSR count). The van der Waals surface area contributed by atoms with Gasteiger partial charge in [-0.2, -0.15) is 0 Å². The Morgan fingerprint density at radius 3 is 2.68 bits per heavy atom. The van der Waals surface area contributed by atoms with E-state index in [1.165, 1.54) is 5.56 Å². The maximum absolute atomic E-state index is 12.9. The van der Waals surface area contributed by atoms with Crippen LogP contribution in [0.4, 0.5) is 0 Å². The molecule has 1 aliphatic rings. The number of hydrogen-bond acceptors (Lipinski definition) is 5. The number of hydrogen-bond donors (Lipinski definition) is 2. The van der Waals surface area contributed by atoms with Crippen molar-refractivity contribution in [3.8, 4) is 11.5 Å². The standard InChI is InChI=1S/C25H32N2O4/c1-4-8-18-13-21(14-23(30-2)24(18)31-3)25(29)26-15-19-9-5-6-10-20(19)16-27-12-7-11-22(27)17-28/h4-6,9-10,13-14,22,28H,1,7-8,11-12,15-17H2,2-3H3,(H,26,29). The predicted octanol–water partition coefficient (Wildman–Crippen LogP) is 3.32. The minimum Gasteiger partial charge on any atom is -0.493 e. The Balaban J connectivity index is 1.74. The number of carbonyl (C=O) groups is 1. The van der Waals surface area contributed by atoms with Crippen molar-refractivity contribution in [1.82, 2.24) is 10.2 Å². The SMILES string of the molecule is C=CCc1cc(C(=O)NCc2ccccc2CN2CCCC2CO)cc(OC)c1OC. The van der Waals surface area contributed by atoms with Gasteiger partial charge in [0, 0.05) is 30.3 Å². The largest absolute Gasteiger partial charge is 0.493 e. The zero-order chi connectivity index (χ0) is 22.2. The maximum Gasteiger partial charge on any atom is 0.251 e. The van der Waals surface area contributed by atoms with Crippen LogP contribution in [0.25, 0.3) is 0 Å². The fourth-order valence-electron chi connectivity index (χ4n) is 4.17. The van der Waals surface area contributed by atoms with Gasteiger partial charge in [-0.15, -0.1) is 6.58 Å². The summed E-state index contributed by atoms with van der Waals surface area (Å²) < 4.78 is 10.9. The lowest BCUT2D eigenvalue weighted by molar-refractivity contribution is 0.0950. The summed E-state index contributed by atoms with van der Waals surface area (Å²) in [5, 5.41) is 12.6. The number of allylic oxidation sites excluding steroid dienone is 1. The molecule has 6 nitrogen and oxygen atoms in total. The minimum atomic E-state index is -0.171. The number of likely N-dealkylation sites (tertiary alicyclic amines) is 1. The fraction of sp³-hybridized carbons (Fsp3) is 0.400. The monoisotopic (exact) mass is 424 g/mol. The van der Waals surface area contributed by atoms with Crippen molar-refractivity contribution in [2.75, 3.05) is 27.4 Å². The van der Waals surface area contributed by atoms with E-state index >= 15 is 0 Å². The lowest BCUT2D eigenvalue weighted by Gasteiger charge is -2.24. The third kappa shape index (κ3) is 5.46. The van der Waals surface area contributed by atoms with Gasteiger partial charge >= 0.3 is 0 Å². The first-order valence-electron chi connectivity index (χ1n) is 10.7. The van der Waals surface area contributed by atoms with Gasteiger partial charge in [-0.3, -0.25) is 9.69 Å². The van der Waals surface area contributed by atoms with Gasteiger partial charge in [-0.1, -0.05) is 30.3 Å². The molecule has 0 bridgehead atoms. The minimum absolute atomic E-state index is 0.171. The lowest BCUT2D eigenvalue weighted by Crippen LogP contribution is -2.32. The molecule has 1 amide bonds. The molecular weight excluding hydrogens is 392 g/mol. The molecule has 1 fully saturated rings. The van der Waals surface area contributed by atoms with Gasteiger partial charge < -0.3 is 19.9 Å². The number of rotatable bonds is 10. The highest BCUT2D eigenvalue weighted by Gasteiger charge is 2.24. The molecule has 2 N–H and O–H groups in total. The van der Waals surface area contributed by atoms with E-state index in [4.69, 9.17) is 9.47 Å². The molecule has 1 saturated heterocycles. The Kier molecular flexibility index (Phi) is 8.09. The number of aliphatic hydroxyl groups is 1. The quantitative estimate of drug-likeness (QED) is 0.573. The van der Waals surface area contributed by atoms with E-state index in [1.807, 2.05) is 24.3 Å². The fourth-order valence-corrected chi connectivity index (χ4v) is 4.17. The van der Waals surface area contributed by atoms with Crippen LogP contribution >= 0.6 is 0 Å². The van der Waals surface area contributed by atoms with Crippen LogP contribution < -0.4 is 14.8 Å². The molecule has 0 radical (unpaired) electrons. The maximum atomic E-state index is 12.9. The van der Waals surface area contributed by atoms with Gasteiger partial charge in [-0.05, 0) is 49.1 Å². The first kappa shape index (κ1) is 22.8. The summed E-state index contributed by atoms with van der Waals surface area (Å²) in [5.74, 6) is 0.973. The molecule has 1 aliphatic heterocycles. The molecule has 31 heavy (non-hydrogen) atoms. The van der Waals surface area contributed by atoms with Crippen LogP contribution in [-0.4, -0.2) is 49.3 Å². The molecular formula is C25H32N2O4. The Labute approximate surface area is 184 Å². The second-order valence-electron chi connectivity index (χ2n) is 7.76. The molecule has 0 saturated carbocycles. The molecule has 2 aromatic rings. The van der Waals surface area contributed by atoms with Crippen LogP contribution in [-0.2, 0) is 19.5 Å². The molecule has 0 spiro atoms. The van der Waals surface area contributed by atoms with Gasteiger partial charge in [0.1, 0.15) is 0 Å². The Morgan fingerprint density at radius 2 is 2.00 bits per heavy atom. The number of ether oxygens (including phenoxy) is 2. The van der Waals surface area contributed by atoms with Crippen LogP contribution in [0.3, 0.4) is 0 Å². The van der Waals surface area contributed by atoms with E-state index < -0.39 is 0 Å². The zero-order valence-electron chi connectivity index (χ0n) is 18.4. The summed E-state index contributed by atoms with van der Waals surface area (Å²) >= 11 is 0. The van der Waals surface area contributed by atoms with Gasteiger partial charge in [0.15, 0.2) is 11.5 Å². The molecule has 2 aromatic carbocycles. The number of aliphatic hydroxyl groups excluding tert-OH is 1. The molecule has 1 unspecified atom stereocenters. The molecule has 0 aliphatic carbocycles. The highest BCUT2D eigenvalue weighted by atomic mass is 16.5. The first-order valence-corrected chi connectivity index (χ1v) is 10.7. The summed E-state index contributed by atoms with van der Waals surface area (Å²) in [6.07, 6.45) is 4.48. The normalized spacial score (nSPS) is 16.2. The third-order valence-corrected chi connectivity index (χ3v) is 5.82. The zero-order valence-corrected chi connectivity index (χ0v) is 18.4. The number of nitrogens with zero attached hydrogens (tertiary/aromatic N) is 1. The summed E-state index contributed by atoms with van der Waals surface area (Å²) in [4.78, 5) is 15.2. The summed E-state index contributed by atoms with van der Waals surface area (Å²) in [6, 6.07) is 11.9. The van der Waals surface area contributed by atoms with Crippen LogP contribution in [0.2, 0.25) is 0 Å². The summed E-state index contributed by atoms with van der Waals surface area (Å²) in [5.41, 5.74) is 3.62. The van der Waals surface area contributed by atoms with Crippen molar-refractivity contribution >= 4 is 5.91 Å². The Bertz CT molecular complexity index is 912. The number of amides is 1. The molecule has 1 heterocycles. The Morgan fingerprint density at radius 1 is 1.23 bits per heavy atom. The van der Waals surface area contributed by atoms with E-state index in [2.05, 4.69) is 22.9 Å².